The number of nitrogens with zero attached hydrogens (tertiary/aromatic N) is 2. The van der Waals surface area contributed by atoms with Crippen LogP contribution in [0.15, 0.2) is 18.2 Å². The number of hydrogen-bond donors (Lipinski definition) is 3. The van der Waals surface area contributed by atoms with Crippen molar-refractivity contribution in [2.45, 2.75) is 27.0 Å². The molecule has 4 N–H and O–H groups in total. The van der Waals surface area contributed by atoms with Gasteiger partial charge in [0.25, 0.3) is 0 Å². The topological polar surface area (TPSA) is 84.3 Å². The summed E-state index contributed by atoms with van der Waals surface area (Å²) in [5, 5.41) is 18.7. The molecule has 1 heterocycles. The van der Waals surface area contributed by atoms with Crippen LogP contribution in [-0.4, -0.2) is 26.4 Å². The molecule has 2 aromatic rings. The molecule has 0 aliphatic rings. The summed E-state index contributed by atoms with van der Waals surface area (Å²) in [5.74, 6) is 0.595. The molecule has 98 valence electrons. The van der Waals surface area contributed by atoms with E-state index in [0.29, 0.717) is 18.1 Å². The first-order valence-electron chi connectivity index (χ1n) is 5.93. The molecule has 0 amide bonds. The average molecular weight is 249 g/mol. The van der Waals surface area contributed by atoms with Gasteiger partial charge < -0.3 is 20.5 Å². The Morgan fingerprint density at radius 3 is 2.67 bits per heavy atom. The molecule has 0 spiro atoms. The van der Waals surface area contributed by atoms with Crippen molar-refractivity contribution >= 4 is 16.7 Å². The van der Waals surface area contributed by atoms with Gasteiger partial charge in [-0.15, -0.1) is 0 Å². The van der Waals surface area contributed by atoms with Gasteiger partial charge in [-0.05, 0) is 18.2 Å². The average Bonchev–Trinajstić information content (AvgIpc) is 2.66. The van der Waals surface area contributed by atoms with Crippen LogP contribution in [0.2, 0.25) is 0 Å². The number of rotatable bonds is 4. The zero-order chi connectivity index (χ0) is 13.3. The van der Waals surface area contributed by atoms with Crippen molar-refractivity contribution in [3.05, 3.63) is 24.0 Å². The van der Waals surface area contributed by atoms with Gasteiger partial charge in [0.2, 0.25) is 0 Å². The van der Waals surface area contributed by atoms with Crippen molar-refractivity contribution < 1.29 is 10.2 Å². The largest absolute Gasteiger partial charge is 0.399 e. The zero-order valence-electron chi connectivity index (χ0n) is 10.7. The van der Waals surface area contributed by atoms with Crippen molar-refractivity contribution in [1.82, 2.24) is 9.55 Å². The van der Waals surface area contributed by atoms with Crippen LogP contribution in [0.4, 0.5) is 5.69 Å². The number of anilines is 1. The van der Waals surface area contributed by atoms with E-state index in [2.05, 4.69) is 4.98 Å². The Balaban J connectivity index is 2.53. The lowest BCUT2D eigenvalue weighted by Gasteiger charge is -2.23. The molecule has 0 aliphatic carbocycles. The molecular formula is C13H19N3O2. The van der Waals surface area contributed by atoms with E-state index in [-0.39, 0.29) is 18.6 Å². The first kappa shape index (κ1) is 12.9. The third-order valence-electron chi connectivity index (χ3n) is 3.01. The van der Waals surface area contributed by atoms with Gasteiger partial charge in [0, 0.05) is 24.3 Å². The fourth-order valence-electron chi connectivity index (χ4n) is 1.97. The molecule has 1 aromatic carbocycles. The molecule has 0 saturated carbocycles. The number of hydrogen-bond acceptors (Lipinski definition) is 4. The van der Waals surface area contributed by atoms with Crippen LogP contribution in [0.3, 0.4) is 0 Å². The summed E-state index contributed by atoms with van der Waals surface area (Å²) in [5.41, 5.74) is 7.81. The molecule has 0 bridgehead atoms. The number of fused-ring (bicyclic) bond motifs is 1. The summed E-state index contributed by atoms with van der Waals surface area (Å²) >= 11 is 0. The molecule has 0 aliphatic heterocycles. The zero-order valence-corrected chi connectivity index (χ0v) is 10.7. The SMILES string of the molecule is CC(C)(CO)Cn1c(CO)nc2cc(N)ccc21. The molecule has 5 nitrogen and oxygen atoms in total. The fraction of sp³-hybridized carbons (Fsp3) is 0.462. The predicted octanol–water partition coefficient (Wildman–Crippen LogP) is 1.13. The smallest absolute Gasteiger partial charge is 0.135 e. The Morgan fingerprint density at radius 1 is 1.33 bits per heavy atom. The van der Waals surface area contributed by atoms with Crippen molar-refractivity contribution in [1.29, 1.82) is 0 Å². The lowest BCUT2D eigenvalue weighted by Crippen LogP contribution is -2.24. The van der Waals surface area contributed by atoms with Gasteiger partial charge in [-0.3, -0.25) is 0 Å². The fourth-order valence-corrected chi connectivity index (χ4v) is 1.97. The molecule has 0 unspecified atom stereocenters. The maximum Gasteiger partial charge on any atom is 0.135 e. The lowest BCUT2D eigenvalue weighted by molar-refractivity contribution is 0.138. The Bertz CT molecular complexity index is 561. The van der Waals surface area contributed by atoms with Crippen LogP contribution in [-0.2, 0) is 13.2 Å². The van der Waals surface area contributed by atoms with Gasteiger partial charge in [-0.25, -0.2) is 4.98 Å². The van der Waals surface area contributed by atoms with Crippen LogP contribution >= 0.6 is 0 Å². The van der Waals surface area contributed by atoms with E-state index in [9.17, 15) is 10.2 Å². The van der Waals surface area contributed by atoms with E-state index in [1.165, 1.54) is 0 Å². The van der Waals surface area contributed by atoms with Crippen molar-refractivity contribution in [2.75, 3.05) is 12.3 Å². The number of nitrogen functional groups attached to an aromatic ring is 1. The van der Waals surface area contributed by atoms with E-state index in [4.69, 9.17) is 5.73 Å². The Hall–Kier alpha value is -1.59. The minimum Gasteiger partial charge on any atom is -0.399 e. The van der Waals surface area contributed by atoms with Crippen LogP contribution in [0.25, 0.3) is 11.0 Å². The van der Waals surface area contributed by atoms with E-state index < -0.39 is 0 Å². The van der Waals surface area contributed by atoms with Gasteiger partial charge in [0.1, 0.15) is 12.4 Å². The normalized spacial score (nSPS) is 12.2. The number of aliphatic hydroxyl groups excluding tert-OH is 2. The molecule has 1 aromatic heterocycles. The second-order valence-corrected chi connectivity index (χ2v) is 5.34. The lowest BCUT2D eigenvalue weighted by atomic mass is 9.95. The summed E-state index contributed by atoms with van der Waals surface area (Å²) in [7, 11) is 0. The molecule has 5 heteroatoms. The standard InChI is InChI=1S/C13H19N3O2/c1-13(2,8-18)7-16-11-4-3-9(14)5-10(11)15-12(16)6-17/h3-5,17-18H,6-8,14H2,1-2H3. The molecule has 0 atom stereocenters. The minimum atomic E-state index is -0.265. The highest BCUT2D eigenvalue weighted by Gasteiger charge is 2.21. The highest BCUT2D eigenvalue weighted by molar-refractivity contribution is 5.79. The van der Waals surface area contributed by atoms with Crippen LogP contribution in [0, 0.1) is 5.41 Å². The van der Waals surface area contributed by atoms with Crippen LogP contribution in [0.1, 0.15) is 19.7 Å². The number of imidazole rings is 1. The number of aromatic nitrogens is 2. The Kier molecular flexibility index (Phi) is 3.28. The minimum absolute atomic E-state index is 0.0759. The number of nitrogens with two attached hydrogens (primary N) is 1. The predicted molar refractivity (Wildman–Crippen MR) is 70.9 cm³/mol. The van der Waals surface area contributed by atoms with Gasteiger partial charge in [-0.2, -0.15) is 0 Å². The van der Waals surface area contributed by atoms with E-state index >= 15 is 0 Å². The van der Waals surface area contributed by atoms with Gasteiger partial charge in [-0.1, -0.05) is 13.8 Å². The molecule has 0 fully saturated rings. The number of benzene rings is 1. The molecule has 2 rings (SSSR count). The van der Waals surface area contributed by atoms with Gasteiger partial charge in [0.05, 0.1) is 11.0 Å². The van der Waals surface area contributed by atoms with Crippen molar-refractivity contribution in [3.8, 4) is 0 Å². The van der Waals surface area contributed by atoms with Crippen molar-refractivity contribution in [3.63, 3.8) is 0 Å². The highest BCUT2D eigenvalue weighted by atomic mass is 16.3. The molecule has 18 heavy (non-hydrogen) atoms. The quantitative estimate of drug-likeness (QED) is 0.709. The third kappa shape index (κ3) is 2.32. The van der Waals surface area contributed by atoms with E-state index in [1.807, 2.05) is 30.5 Å². The second kappa shape index (κ2) is 4.59. The maximum atomic E-state index is 9.38. The summed E-state index contributed by atoms with van der Waals surface area (Å²) in [4.78, 5) is 4.36. The summed E-state index contributed by atoms with van der Waals surface area (Å²) in [6.45, 7) is 4.48. The van der Waals surface area contributed by atoms with Gasteiger partial charge >= 0.3 is 0 Å². The Morgan fingerprint density at radius 2 is 2.06 bits per heavy atom. The second-order valence-electron chi connectivity index (χ2n) is 5.34. The van der Waals surface area contributed by atoms with Crippen LogP contribution in [0.5, 0.6) is 0 Å². The van der Waals surface area contributed by atoms with E-state index in [1.54, 1.807) is 6.07 Å². The first-order chi connectivity index (χ1) is 8.46. The van der Waals surface area contributed by atoms with E-state index in [0.717, 1.165) is 11.0 Å². The van der Waals surface area contributed by atoms with Gasteiger partial charge in [0.15, 0.2) is 0 Å². The molecule has 0 radical (unpaired) electrons. The summed E-state index contributed by atoms with van der Waals surface area (Å²) in [6.07, 6.45) is 0. The third-order valence-corrected chi connectivity index (χ3v) is 3.01. The maximum absolute atomic E-state index is 9.38. The monoisotopic (exact) mass is 249 g/mol. The first-order valence-corrected chi connectivity index (χ1v) is 5.93. The molecule has 0 saturated heterocycles. The summed E-state index contributed by atoms with van der Waals surface area (Å²) < 4.78 is 1.94. The number of aliphatic hydroxyl groups is 2. The van der Waals surface area contributed by atoms with Crippen LogP contribution < -0.4 is 5.73 Å². The summed E-state index contributed by atoms with van der Waals surface area (Å²) in [6, 6.07) is 5.49. The Labute approximate surface area is 106 Å². The van der Waals surface area contributed by atoms with Crippen molar-refractivity contribution in [2.24, 2.45) is 5.41 Å². The molecular weight excluding hydrogens is 230 g/mol. The highest BCUT2D eigenvalue weighted by Crippen LogP contribution is 2.24.